The molecule has 3 rings (SSSR count). The number of rotatable bonds is 6. The van der Waals surface area contributed by atoms with Gasteiger partial charge in [0.15, 0.2) is 6.10 Å². The molecule has 0 aliphatic carbocycles. The highest BCUT2D eigenvalue weighted by molar-refractivity contribution is 5.80. The number of hydrogen-bond donors (Lipinski definition) is 1. The van der Waals surface area contributed by atoms with Crippen LogP contribution in [-0.2, 0) is 4.79 Å². The minimum Gasteiger partial charge on any atom is -0.481 e. The van der Waals surface area contributed by atoms with E-state index in [0.717, 1.165) is 31.7 Å². The first kappa shape index (κ1) is 17.2. The van der Waals surface area contributed by atoms with E-state index < -0.39 is 6.10 Å². The molecule has 2 heterocycles. The molecule has 0 unspecified atom stereocenters. The van der Waals surface area contributed by atoms with Crippen molar-refractivity contribution in [3.63, 3.8) is 0 Å². The maximum absolute atomic E-state index is 12.2. The number of hydrogen-bond acceptors (Lipinski definition) is 5. The number of para-hydroxylation sites is 1. The van der Waals surface area contributed by atoms with E-state index in [-0.39, 0.29) is 5.91 Å². The molecule has 1 N–H and O–H groups in total. The van der Waals surface area contributed by atoms with E-state index in [1.54, 1.807) is 25.5 Å². The smallest absolute Gasteiger partial charge is 0.260 e. The summed E-state index contributed by atoms with van der Waals surface area (Å²) in [4.78, 5) is 22.9. The Labute approximate surface area is 148 Å². The molecule has 1 fully saturated rings. The summed E-state index contributed by atoms with van der Waals surface area (Å²) in [6.07, 6.45) is 6.77. The average Bonchev–Trinajstić information content (AvgIpc) is 2.68. The van der Waals surface area contributed by atoms with E-state index in [2.05, 4.69) is 20.2 Å². The predicted octanol–water partition coefficient (Wildman–Crippen LogP) is 2.28. The maximum atomic E-state index is 12.2. The first-order valence-electron chi connectivity index (χ1n) is 8.73. The Morgan fingerprint density at radius 2 is 2.04 bits per heavy atom. The molecule has 1 aliphatic rings. The van der Waals surface area contributed by atoms with Gasteiger partial charge in [-0.3, -0.25) is 9.78 Å². The van der Waals surface area contributed by atoms with Crippen molar-refractivity contribution in [3.05, 3.63) is 48.9 Å². The van der Waals surface area contributed by atoms with Gasteiger partial charge in [0.1, 0.15) is 11.6 Å². The van der Waals surface area contributed by atoms with Crippen LogP contribution in [0.15, 0.2) is 48.9 Å². The number of nitrogens with zero attached hydrogens (tertiary/aromatic N) is 3. The highest BCUT2D eigenvalue weighted by Gasteiger charge is 2.22. The minimum atomic E-state index is -0.498. The number of nitrogens with one attached hydrogen (secondary N) is 1. The van der Waals surface area contributed by atoms with Gasteiger partial charge < -0.3 is 15.0 Å². The van der Waals surface area contributed by atoms with E-state index in [4.69, 9.17) is 4.74 Å². The van der Waals surface area contributed by atoms with Gasteiger partial charge in [-0.1, -0.05) is 18.2 Å². The molecule has 2 aromatic rings. The third kappa shape index (κ3) is 4.92. The van der Waals surface area contributed by atoms with Crippen LogP contribution >= 0.6 is 0 Å². The van der Waals surface area contributed by atoms with Crippen LogP contribution in [0, 0.1) is 5.92 Å². The van der Waals surface area contributed by atoms with Gasteiger partial charge in [-0.05, 0) is 37.8 Å². The number of carbonyl (C=O) groups excluding carboxylic acids is 1. The lowest BCUT2D eigenvalue weighted by Gasteiger charge is -2.32. The largest absolute Gasteiger partial charge is 0.481 e. The van der Waals surface area contributed by atoms with Crippen LogP contribution < -0.4 is 15.0 Å². The van der Waals surface area contributed by atoms with E-state index >= 15 is 0 Å². The van der Waals surface area contributed by atoms with Crippen LogP contribution in [0.4, 0.5) is 5.82 Å². The summed E-state index contributed by atoms with van der Waals surface area (Å²) in [5, 5.41) is 3.02. The number of amides is 1. The lowest BCUT2D eigenvalue weighted by molar-refractivity contribution is -0.127. The van der Waals surface area contributed by atoms with E-state index in [0.29, 0.717) is 18.2 Å². The first-order valence-corrected chi connectivity index (χ1v) is 8.73. The lowest BCUT2D eigenvalue weighted by Crippen LogP contribution is -2.42. The predicted molar refractivity (Wildman–Crippen MR) is 96.5 cm³/mol. The molecule has 0 radical (unpaired) electrons. The molecular formula is C19H24N4O2. The van der Waals surface area contributed by atoms with Gasteiger partial charge in [0.05, 0.1) is 6.20 Å². The molecule has 25 heavy (non-hydrogen) atoms. The van der Waals surface area contributed by atoms with Gasteiger partial charge in [-0.2, -0.15) is 0 Å². The Morgan fingerprint density at radius 3 is 2.72 bits per heavy atom. The third-order valence-electron chi connectivity index (χ3n) is 4.48. The summed E-state index contributed by atoms with van der Waals surface area (Å²) in [6, 6.07) is 9.42. The molecule has 1 atom stereocenters. The van der Waals surface area contributed by atoms with E-state index in [1.807, 2.05) is 30.3 Å². The Morgan fingerprint density at radius 1 is 1.28 bits per heavy atom. The van der Waals surface area contributed by atoms with E-state index in [9.17, 15) is 4.79 Å². The second-order valence-corrected chi connectivity index (χ2v) is 6.31. The standard InChI is InChI=1S/C19H24N4O2/c1-15(25-17-5-3-2-4-6-17)19(24)22-13-16-7-11-23(12-8-16)18-14-20-9-10-21-18/h2-6,9-10,14-16H,7-8,11-13H2,1H3,(H,22,24)/t15-/m0/s1. The second-order valence-electron chi connectivity index (χ2n) is 6.31. The number of ether oxygens (including phenoxy) is 1. The van der Waals surface area contributed by atoms with Crippen LogP contribution in [0.1, 0.15) is 19.8 Å². The van der Waals surface area contributed by atoms with Gasteiger partial charge in [-0.15, -0.1) is 0 Å². The molecule has 6 nitrogen and oxygen atoms in total. The monoisotopic (exact) mass is 340 g/mol. The fraction of sp³-hybridized carbons (Fsp3) is 0.421. The van der Waals surface area contributed by atoms with Gasteiger partial charge >= 0.3 is 0 Å². The van der Waals surface area contributed by atoms with Crippen molar-refractivity contribution < 1.29 is 9.53 Å². The van der Waals surface area contributed by atoms with Gasteiger partial charge in [0.2, 0.25) is 0 Å². The SMILES string of the molecule is C[C@H](Oc1ccccc1)C(=O)NCC1CCN(c2cnccn2)CC1. The van der Waals surface area contributed by atoms with Crippen molar-refractivity contribution >= 4 is 11.7 Å². The summed E-state index contributed by atoms with van der Waals surface area (Å²) in [6.45, 7) is 4.35. The van der Waals surface area contributed by atoms with Crippen molar-refractivity contribution in [1.82, 2.24) is 15.3 Å². The summed E-state index contributed by atoms with van der Waals surface area (Å²) in [5.41, 5.74) is 0. The molecule has 0 saturated carbocycles. The molecular weight excluding hydrogens is 316 g/mol. The van der Waals surface area contributed by atoms with Crippen LogP contribution in [0.5, 0.6) is 5.75 Å². The number of benzene rings is 1. The van der Waals surface area contributed by atoms with Crippen molar-refractivity contribution in [2.45, 2.75) is 25.9 Å². The Kier molecular flexibility index (Phi) is 5.82. The summed E-state index contributed by atoms with van der Waals surface area (Å²) >= 11 is 0. The Balaban J connectivity index is 1.40. The van der Waals surface area contributed by atoms with Crippen molar-refractivity contribution in [2.24, 2.45) is 5.92 Å². The van der Waals surface area contributed by atoms with Crippen LogP contribution in [0.2, 0.25) is 0 Å². The second kappa shape index (κ2) is 8.46. The summed E-state index contributed by atoms with van der Waals surface area (Å²) in [5.74, 6) is 2.05. The van der Waals surface area contributed by atoms with Crippen molar-refractivity contribution in [3.8, 4) is 5.75 Å². The zero-order valence-electron chi connectivity index (χ0n) is 14.5. The average molecular weight is 340 g/mol. The third-order valence-corrected chi connectivity index (χ3v) is 4.48. The van der Waals surface area contributed by atoms with Crippen molar-refractivity contribution in [2.75, 3.05) is 24.5 Å². The van der Waals surface area contributed by atoms with Crippen LogP contribution in [0.3, 0.4) is 0 Å². The highest BCUT2D eigenvalue weighted by Crippen LogP contribution is 2.20. The molecule has 132 valence electrons. The summed E-state index contributed by atoms with van der Waals surface area (Å²) in [7, 11) is 0. The molecule has 6 heteroatoms. The van der Waals surface area contributed by atoms with Gasteiger partial charge in [0.25, 0.3) is 5.91 Å². The zero-order chi connectivity index (χ0) is 17.5. The molecule has 0 spiro atoms. The molecule has 1 aliphatic heterocycles. The number of piperidine rings is 1. The molecule has 1 aromatic heterocycles. The normalized spacial score (nSPS) is 16.3. The fourth-order valence-electron chi connectivity index (χ4n) is 2.97. The fourth-order valence-corrected chi connectivity index (χ4v) is 2.97. The Hall–Kier alpha value is -2.63. The molecule has 1 saturated heterocycles. The van der Waals surface area contributed by atoms with Gasteiger partial charge in [-0.25, -0.2) is 4.98 Å². The molecule has 1 aromatic carbocycles. The van der Waals surface area contributed by atoms with Crippen molar-refractivity contribution in [1.29, 1.82) is 0 Å². The Bertz CT molecular complexity index is 658. The number of anilines is 1. The summed E-state index contributed by atoms with van der Waals surface area (Å²) < 4.78 is 5.66. The topological polar surface area (TPSA) is 67.3 Å². The maximum Gasteiger partial charge on any atom is 0.260 e. The van der Waals surface area contributed by atoms with Crippen LogP contribution in [0.25, 0.3) is 0 Å². The lowest BCUT2D eigenvalue weighted by atomic mass is 9.97. The van der Waals surface area contributed by atoms with Gasteiger partial charge in [0, 0.05) is 32.0 Å². The minimum absolute atomic E-state index is 0.0693. The van der Waals surface area contributed by atoms with E-state index in [1.165, 1.54) is 0 Å². The zero-order valence-corrected chi connectivity index (χ0v) is 14.5. The quantitative estimate of drug-likeness (QED) is 0.874. The first-order chi connectivity index (χ1) is 12.2. The van der Waals surface area contributed by atoms with Crippen LogP contribution in [-0.4, -0.2) is 41.6 Å². The molecule has 0 bridgehead atoms. The number of carbonyl (C=O) groups is 1. The molecule has 1 amide bonds. The highest BCUT2D eigenvalue weighted by atomic mass is 16.5. The number of aromatic nitrogens is 2.